The summed E-state index contributed by atoms with van der Waals surface area (Å²) in [7, 11) is 1.47. The van der Waals surface area contributed by atoms with E-state index in [0.717, 1.165) is 11.4 Å². The number of benzene rings is 1. The minimum Gasteiger partial charge on any atom is -0.493 e. The second-order valence-corrected chi connectivity index (χ2v) is 5.68. The number of Topliss-reactive ketones (excluding diaryl/α,β-unsaturated/α-hetero) is 1. The van der Waals surface area contributed by atoms with E-state index in [1.54, 1.807) is 18.2 Å². The fraction of sp³-hybridized carbons (Fsp3) is 0.333. The summed E-state index contributed by atoms with van der Waals surface area (Å²) in [6.45, 7) is 3.23. The Hall–Kier alpha value is -2.48. The highest BCUT2D eigenvalue weighted by atomic mass is 32.1. The summed E-state index contributed by atoms with van der Waals surface area (Å²) in [5.41, 5.74) is 0.514. The quantitative estimate of drug-likeness (QED) is 0.781. The van der Waals surface area contributed by atoms with E-state index in [0.29, 0.717) is 22.2 Å². The Kier molecular flexibility index (Phi) is 5.64. The molecule has 1 N–H and O–H groups in total. The molecule has 1 amide bonds. The number of amides is 1. The molecule has 0 fully saturated rings. The van der Waals surface area contributed by atoms with Crippen LogP contribution < -0.4 is 14.8 Å². The molecule has 0 atom stereocenters. The van der Waals surface area contributed by atoms with Crippen molar-refractivity contribution in [2.75, 3.05) is 19.0 Å². The molecule has 1 aromatic heterocycles. The highest BCUT2D eigenvalue weighted by molar-refractivity contribution is 7.15. The van der Waals surface area contributed by atoms with Gasteiger partial charge in [-0.3, -0.25) is 14.9 Å². The third-order valence-electron chi connectivity index (χ3n) is 2.94. The molecule has 0 saturated carbocycles. The van der Waals surface area contributed by atoms with Crippen molar-refractivity contribution in [3.8, 4) is 11.5 Å². The lowest BCUT2D eigenvalue weighted by Gasteiger charge is -2.11. The van der Waals surface area contributed by atoms with Crippen molar-refractivity contribution in [2.45, 2.75) is 20.3 Å². The van der Waals surface area contributed by atoms with Crippen LogP contribution in [0.15, 0.2) is 18.2 Å². The van der Waals surface area contributed by atoms with Crippen molar-refractivity contribution < 1.29 is 19.1 Å². The average molecular weight is 335 g/mol. The number of nitrogens with one attached hydrogen (secondary N) is 1. The van der Waals surface area contributed by atoms with Gasteiger partial charge < -0.3 is 9.47 Å². The molecule has 0 aliphatic heterocycles. The first kappa shape index (κ1) is 16.9. The van der Waals surface area contributed by atoms with E-state index in [1.165, 1.54) is 25.4 Å². The third kappa shape index (κ3) is 4.49. The number of carbonyl (C=O) groups is 2. The summed E-state index contributed by atoms with van der Waals surface area (Å²) in [5.74, 6) is 0.367. The largest absolute Gasteiger partial charge is 0.493 e. The number of rotatable bonds is 7. The van der Waals surface area contributed by atoms with Gasteiger partial charge in [-0.25, -0.2) is 0 Å². The maximum Gasteiger partial charge on any atom is 0.264 e. The van der Waals surface area contributed by atoms with Crippen LogP contribution in [0.5, 0.6) is 11.5 Å². The van der Waals surface area contributed by atoms with Crippen molar-refractivity contribution in [1.82, 2.24) is 10.2 Å². The van der Waals surface area contributed by atoms with E-state index in [2.05, 4.69) is 15.5 Å². The van der Waals surface area contributed by atoms with Crippen LogP contribution >= 0.6 is 11.3 Å². The van der Waals surface area contributed by atoms with E-state index >= 15 is 0 Å². The van der Waals surface area contributed by atoms with Crippen LogP contribution in [-0.2, 0) is 11.2 Å². The number of nitrogens with zero attached hydrogens (tertiary/aromatic N) is 2. The zero-order valence-electron chi connectivity index (χ0n) is 13.1. The highest BCUT2D eigenvalue weighted by Gasteiger charge is 2.12. The van der Waals surface area contributed by atoms with Gasteiger partial charge in [0.2, 0.25) is 5.13 Å². The van der Waals surface area contributed by atoms with Gasteiger partial charge in [-0.15, -0.1) is 10.2 Å². The van der Waals surface area contributed by atoms with Crippen molar-refractivity contribution >= 4 is 28.2 Å². The number of ether oxygens (including phenoxy) is 2. The molecule has 0 aliphatic carbocycles. The second-order valence-electron chi connectivity index (χ2n) is 4.61. The zero-order chi connectivity index (χ0) is 16.8. The first-order valence-electron chi connectivity index (χ1n) is 6.97. The maximum atomic E-state index is 11.9. The van der Waals surface area contributed by atoms with Crippen molar-refractivity contribution in [1.29, 1.82) is 0 Å². The number of hydrogen-bond acceptors (Lipinski definition) is 7. The molecule has 0 unspecified atom stereocenters. The number of ketones is 1. The van der Waals surface area contributed by atoms with Crippen molar-refractivity contribution in [3.63, 3.8) is 0 Å². The van der Waals surface area contributed by atoms with Crippen LogP contribution in [0.2, 0.25) is 0 Å². The minimum absolute atomic E-state index is 0.0735. The number of hydrogen-bond donors (Lipinski definition) is 1. The van der Waals surface area contributed by atoms with Gasteiger partial charge in [0.15, 0.2) is 23.9 Å². The normalized spacial score (nSPS) is 10.2. The number of aryl methyl sites for hydroxylation is 1. The van der Waals surface area contributed by atoms with E-state index in [4.69, 9.17) is 9.47 Å². The summed E-state index contributed by atoms with van der Waals surface area (Å²) in [5, 5.41) is 11.7. The lowest BCUT2D eigenvalue weighted by atomic mass is 10.1. The van der Waals surface area contributed by atoms with Crippen molar-refractivity contribution in [3.05, 3.63) is 28.8 Å². The van der Waals surface area contributed by atoms with Gasteiger partial charge in [-0.2, -0.15) is 0 Å². The van der Waals surface area contributed by atoms with E-state index in [1.807, 2.05) is 6.92 Å². The first-order valence-corrected chi connectivity index (χ1v) is 7.79. The van der Waals surface area contributed by atoms with Gasteiger partial charge in [0.25, 0.3) is 5.91 Å². The third-order valence-corrected chi connectivity index (χ3v) is 3.93. The molecule has 0 spiro atoms. The number of aromatic nitrogens is 2. The minimum atomic E-state index is -0.346. The fourth-order valence-corrected chi connectivity index (χ4v) is 2.45. The van der Waals surface area contributed by atoms with Gasteiger partial charge >= 0.3 is 0 Å². The zero-order valence-corrected chi connectivity index (χ0v) is 13.9. The van der Waals surface area contributed by atoms with Gasteiger partial charge in [0, 0.05) is 5.56 Å². The van der Waals surface area contributed by atoms with Gasteiger partial charge in [-0.1, -0.05) is 18.3 Å². The van der Waals surface area contributed by atoms with Crippen LogP contribution in [-0.4, -0.2) is 35.6 Å². The lowest BCUT2D eigenvalue weighted by molar-refractivity contribution is -0.118. The predicted octanol–water partition coefficient (Wildman–Crippen LogP) is 2.33. The Morgan fingerprint density at radius 3 is 2.65 bits per heavy atom. The van der Waals surface area contributed by atoms with Crippen LogP contribution in [0.3, 0.4) is 0 Å². The Bertz CT molecular complexity index is 714. The predicted molar refractivity (Wildman–Crippen MR) is 86.4 cm³/mol. The Morgan fingerprint density at radius 1 is 1.26 bits per heavy atom. The Balaban J connectivity index is 1.97. The van der Waals surface area contributed by atoms with Crippen LogP contribution in [0, 0.1) is 0 Å². The molecular weight excluding hydrogens is 318 g/mol. The molecule has 23 heavy (non-hydrogen) atoms. The van der Waals surface area contributed by atoms with Crippen LogP contribution in [0.25, 0.3) is 0 Å². The molecule has 0 radical (unpaired) electrons. The van der Waals surface area contributed by atoms with E-state index in [-0.39, 0.29) is 18.3 Å². The molecule has 1 aromatic carbocycles. The van der Waals surface area contributed by atoms with Gasteiger partial charge in [0.05, 0.1) is 7.11 Å². The fourth-order valence-electron chi connectivity index (χ4n) is 1.75. The standard InChI is InChI=1S/C15H17N3O4S/c1-4-14-17-18-15(23-14)16-13(20)8-22-11-6-5-10(9(2)19)7-12(11)21-3/h5-7H,4,8H2,1-3H3,(H,16,18,20). The first-order chi connectivity index (χ1) is 11.0. The number of carbonyl (C=O) groups excluding carboxylic acids is 2. The summed E-state index contributed by atoms with van der Waals surface area (Å²) >= 11 is 1.32. The second kappa shape index (κ2) is 7.68. The van der Waals surface area contributed by atoms with Crippen LogP contribution in [0.1, 0.15) is 29.2 Å². The maximum absolute atomic E-state index is 11.9. The highest BCUT2D eigenvalue weighted by Crippen LogP contribution is 2.28. The monoisotopic (exact) mass is 335 g/mol. The topological polar surface area (TPSA) is 90.4 Å². The summed E-state index contributed by atoms with van der Waals surface area (Å²) in [6.07, 6.45) is 0.768. The van der Waals surface area contributed by atoms with E-state index in [9.17, 15) is 9.59 Å². The van der Waals surface area contributed by atoms with E-state index < -0.39 is 0 Å². The summed E-state index contributed by atoms with van der Waals surface area (Å²) in [4.78, 5) is 23.2. The average Bonchev–Trinajstić information content (AvgIpc) is 3.00. The van der Waals surface area contributed by atoms with Crippen molar-refractivity contribution in [2.24, 2.45) is 0 Å². The Labute approximate surface area is 137 Å². The molecule has 1 heterocycles. The molecule has 2 rings (SSSR count). The summed E-state index contributed by atoms with van der Waals surface area (Å²) < 4.78 is 10.6. The molecule has 0 saturated heterocycles. The summed E-state index contributed by atoms with van der Waals surface area (Å²) in [6, 6.07) is 4.80. The molecule has 0 aliphatic rings. The smallest absolute Gasteiger partial charge is 0.264 e. The molecule has 2 aromatic rings. The van der Waals surface area contributed by atoms with Gasteiger partial charge in [-0.05, 0) is 31.5 Å². The molecule has 0 bridgehead atoms. The molecule has 122 valence electrons. The lowest BCUT2D eigenvalue weighted by Crippen LogP contribution is -2.20. The SMILES string of the molecule is CCc1nnc(NC(=O)COc2ccc(C(C)=O)cc2OC)s1. The number of methoxy groups -OCH3 is 1. The van der Waals surface area contributed by atoms with Crippen LogP contribution in [0.4, 0.5) is 5.13 Å². The molecule has 8 heteroatoms. The van der Waals surface area contributed by atoms with Gasteiger partial charge in [0.1, 0.15) is 5.01 Å². The molecule has 7 nitrogen and oxygen atoms in total. The molecular formula is C15H17N3O4S. The Morgan fingerprint density at radius 2 is 2.04 bits per heavy atom. The number of anilines is 1.